The van der Waals surface area contributed by atoms with Crippen molar-refractivity contribution < 1.29 is 0 Å². The van der Waals surface area contributed by atoms with Crippen molar-refractivity contribution in [1.82, 2.24) is 0 Å². The van der Waals surface area contributed by atoms with Crippen molar-refractivity contribution in [2.45, 2.75) is 51.4 Å². The molecule has 0 saturated heterocycles. The number of rotatable bonds is 2. The lowest BCUT2D eigenvalue weighted by Gasteiger charge is -2.31. The van der Waals surface area contributed by atoms with Crippen molar-refractivity contribution in [2.75, 3.05) is 0 Å². The zero-order valence-corrected chi connectivity index (χ0v) is 12.8. The summed E-state index contributed by atoms with van der Waals surface area (Å²) in [5, 5.41) is 0. The number of benzene rings is 2. The van der Waals surface area contributed by atoms with E-state index in [4.69, 9.17) is 0 Å². The minimum absolute atomic E-state index is 0.587. The molecule has 3 rings (SSSR count). The van der Waals surface area contributed by atoms with Gasteiger partial charge in [-0.25, -0.2) is 0 Å². The van der Waals surface area contributed by atoms with Crippen molar-refractivity contribution in [3.63, 3.8) is 0 Å². The SMILES string of the molecule is CC(C)c1ccc2c(c1)[C@H](C)CCC2c1ccccc1. The molecular formula is C20H24. The van der Waals surface area contributed by atoms with E-state index in [1.165, 1.54) is 24.0 Å². The number of fused-ring (bicyclic) bond motifs is 1. The average Bonchev–Trinajstić information content (AvgIpc) is 2.48. The molecule has 0 heteroatoms. The van der Waals surface area contributed by atoms with Crippen LogP contribution < -0.4 is 0 Å². The summed E-state index contributed by atoms with van der Waals surface area (Å²) in [5.41, 5.74) is 6.08. The predicted octanol–water partition coefficient (Wildman–Crippen LogP) is 5.84. The summed E-state index contributed by atoms with van der Waals surface area (Å²) in [6.07, 6.45) is 2.58. The maximum absolute atomic E-state index is 2.46. The van der Waals surface area contributed by atoms with E-state index in [-0.39, 0.29) is 0 Å². The summed E-state index contributed by atoms with van der Waals surface area (Å²) in [7, 11) is 0. The van der Waals surface area contributed by atoms with E-state index in [9.17, 15) is 0 Å². The van der Waals surface area contributed by atoms with Crippen LogP contribution in [0.4, 0.5) is 0 Å². The second-order valence-corrected chi connectivity index (χ2v) is 6.48. The van der Waals surface area contributed by atoms with E-state index in [0.29, 0.717) is 17.8 Å². The topological polar surface area (TPSA) is 0 Å². The highest BCUT2D eigenvalue weighted by Gasteiger charge is 2.26. The molecule has 0 radical (unpaired) electrons. The molecular weight excluding hydrogens is 240 g/mol. The number of hydrogen-bond donors (Lipinski definition) is 0. The van der Waals surface area contributed by atoms with Crippen LogP contribution in [-0.4, -0.2) is 0 Å². The maximum atomic E-state index is 2.46. The predicted molar refractivity (Wildman–Crippen MR) is 86.5 cm³/mol. The van der Waals surface area contributed by atoms with E-state index in [1.54, 1.807) is 11.1 Å². The van der Waals surface area contributed by atoms with Gasteiger partial charge >= 0.3 is 0 Å². The van der Waals surface area contributed by atoms with Gasteiger partial charge in [0.1, 0.15) is 0 Å². The van der Waals surface area contributed by atoms with E-state index in [1.807, 2.05) is 0 Å². The quantitative estimate of drug-likeness (QED) is 0.639. The van der Waals surface area contributed by atoms with Crippen LogP contribution in [0.3, 0.4) is 0 Å². The van der Waals surface area contributed by atoms with Crippen molar-refractivity contribution in [2.24, 2.45) is 0 Å². The third-order valence-electron chi connectivity index (χ3n) is 4.77. The fraction of sp³-hybridized carbons (Fsp3) is 0.400. The largest absolute Gasteiger partial charge is 0.0622 e. The van der Waals surface area contributed by atoms with E-state index in [0.717, 1.165) is 0 Å². The zero-order valence-electron chi connectivity index (χ0n) is 12.8. The lowest BCUT2D eigenvalue weighted by atomic mass is 9.74. The lowest BCUT2D eigenvalue weighted by molar-refractivity contribution is 0.544. The Hall–Kier alpha value is -1.56. The van der Waals surface area contributed by atoms with Crippen molar-refractivity contribution >= 4 is 0 Å². The van der Waals surface area contributed by atoms with Gasteiger partial charge in [0, 0.05) is 5.92 Å². The maximum Gasteiger partial charge on any atom is 0.00923 e. The minimum atomic E-state index is 0.587. The van der Waals surface area contributed by atoms with Crippen molar-refractivity contribution in [3.8, 4) is 0 Å². The molecule has 2 atom stereocenters. The Balaban J connectivity index is 2.06. The van der Waals surface area contributed by atoms with Crippen LogP contribution in [-0.2, 0) is 0 Å². The van der Waals surface area contributed by atoms with Crippen LogP contribution >= 0.6 is 0 Å². The van der Waals surface area contributed by atoms with Crippen LogP contribution in [0.2, 0.25) is 0 Å². The van der Waals surface area contributed by atoms with Gasteiger partial charge in [-0.05, 0) is 46.9 Å². The highest BCUT2D eigenvalue weighted by molar-refractivity contribution is 5.44. The molecule has 1 aliphatic rings. The molecule has 0 aromatic heterocycles. The Kier molecular flexibility index (Phi) is 3.65. The summed E-state index contributed by atoms with van der Waals surface area (Å²) in [6.45, 7) is 6.94. The Labute approximate surface area is 122 Å². The van der Waals surface area contributed by atoms with E-state index >= 15 is 0 Å². The van der Waals surface area contributed by atoms with Crippen LogP contribution in [0.5, 0.6) is 0 Å². The smallest absolute Gasteiger partial charge is 0.00923 e. The molecule has 104 valence electrons. The zero-order chi connectivity index (χ0) is 14.1. The highest BCUT2D eigenvalue weighted by atomic mass is 14.3. The van der Waals surface area contributed by atoms with Crippen LogP contribution in [0.15, 0.2) is 48.5 Å². The Morgan fingerprint density at radius 3 is 2.35 bits per heavy atom. The lowest BCUT2D eigenvalue weighted by Crippen LogP contribution is -2.14. The first kappa shape index (κ1) is 13.4. The van der Waals surface area contributed by atoms with Gasteiger partial charge in [0.2, 0.25) is 0 Å². The van der Waals surface area contributed by atoms with Crippen LogP contribution in [0, 0.1) is 0 Å². The van der Waals surface area contributed by atoms with Gasteiger partial charge in [0.25, 0.3) is 0 Å². The monoisotopic (exact) mass is 264 g/mol. The van der Waals surface area contributed by atoms with E-state index < -0.39 is 0 Å². The molecule has 0 bridgehead atoms. The summed E-state index contributed by atoms with van der Waals surface area (Å²) < 4.78 is 0. The summed E-state index contributed by atoms with van der Waals surface area (Å²) in [4.78, 5) is 0. The molecule has 0 N–H and O–H groups in total. The summed E-state index contributed by atoms with van der Waals surface area (Å²) in [6, 6.07) is 18.2. The first-order valence-corrected chi connectivity index (χ1v) is 7.85. The van der Waals surface area contributed by atoms with Crippen LogP contribution in [0.1, 0.15) is 73.6 Å². The van der Waals surface area contributed by atoms with Gasteiger partial charge < -0.3 is 0 Å². The summed E-state index contributed by atoms with van der Waals surface area (Å²) >= 11 is 0. The molecule has 2 aromatic rings. The Bertz CT molecular complexity index is 580. The molecule has 20 heavy (non-hydrogen) atoms. The van der Waals surface area contributed by atoms with Crippen LogP contribution in [0.25, 0.3) is 0 Å². The minimum Gasteiger partial charge on any atom is -0.0622 e. The molecule has 1 aliphatic carbocycles. The van der Waals surface area contributed by atoms with Crippen molar-refractivity contribution in [3.05, 3.63) is 70.8 Å². The molecule has 0 fully saturated rings. The third-order valence-corrected chi connectivity index (χ3v) is 4.77. The van der Waals surface area contributed by atoms with Gasteiger partial charge in [-0.2, -0.15) is 0 Å². The first-order valence-electron chi connectivity index (χ1n) is 7.85. The Morgan fingerprint density at radius 1 is 0.900 bits per heavy atom. The van der Waals surface area contributed by atoms with Gasteiger partial charge in [0.05, 0.1) is 0 Å². The normalized spacial score (nSPS) is 21.8. The molecule has 0 nitrogen and oxygen atoms in total. The highest BCUT2D eigenvalue weighted by Crippen LogP contribution is 2.42. The van der Waals surface area contributed by atoms with Gasteiger partial charge in [-0.15, -0.1) is 0 Å². The number of hydrogen-bond acceptors (Lipinski definition) is 0. The molecule has 2 aromatic carbocycles. The fourth-order valence-electron chi connectivity index (χ4n) is 3.46. The van der Waals surface area contributed by atoms with Gasteiger partial charge in [-0.3, -0.25) is 0 Å². The van der Waals surface area contributed by atoms with Crippen molar-refractivity contribution in [1.29, 1.82) is 0 Å². The first-order chi connectivity index (χ1) is 9.66. The molecule has 0 amide bonds. The second kappa shape index (κ2) is 5.44. The van der Waals surface area contributed by atoms with E-state index in [2.05, 4.69) is 69.3 Å². The summed E-state index contributed by atoms with van der Waals surface area (Å²) in [5.74, 6) is 1.90. The molecule has 0 saturated carbocycles. The molecule has 0 aliphatic heterocycles. The second-order valence-electron chi connectivity index (χ2n) is 6.48. The standard InChI is InChI=1S/C20H24/c1-14(2)17-10-12-19-18(16-7-5-4-6-8-16)11-9-15(3)20(19)13-17/h4-8,10,12-15,18H,9,11H2,1-3H3/t15-,18?/m1/s1. The Morgan fingerprint density at radius 2 is 1.65 bits per heavy atom. The third kappa shape index (κ3) is 2.40. The fourth-order valence-corrected chi connectivity index (χ4v) is 3.46. The molecule has 0 spiro atoms. The van der Waals surface area contributed by atoms with Gasteiger partial charge in [0.15, 0.2) is 0 Å². The molecule has 1 unspecified atom stereocenters. The average molecular weight is 264 g/mol. The van der Waals surface area contributed by atoms with Gasteiger partial charge in [-0.1, -0.05) is 69.3 Å². The molecule has 0 heterocycles.